The molecule has 0 radical (unpaired) electrons. The van der Waals surface area contributed by atoms with Crippen molar-refractivity contribution >= 4 is 17.5 Å². The molecule has 21 heavy (non-hydrogen) atoms. The maximum absolute atomic E-state index is 11.9. The van der Waals surface area contributed by atoms with E-state index in [2.05, 4.69) is 10.6 Å². The van der Waals surface area contributed by atoms with E-state index in [-0.39, 0.29) is 18.4 Å². The predicted octanol–water partition coefficient (Wildman–Crippen LogP) is 2.42. The number of aliphatic hydroxyl groups excluding tert-OH is 1. The maximum Gasteiger partial charge on any atom is 0.319 e. The Bertz CT molecular complexity index is 516. The Morgan fingerprint density at radius 2 is 2.05 bits per heavy atom. The van der Waals surface area contributed by atoms with Gasteiger partial charge >= 0.3 is 6.03 Å². The van der Waals surface area contributed by atoms with Crippen LogP contribution in [-0.2, 0) is 0 Å². The minimum absolute atomic E-state index is 0.0317. The number of Topliss-reactive ketones (excluding diaryl/α,β-unsaturated/α-hetero) is 1. The number of hydrogen-bond acceptors (Lipinski definition) is 3. The van der Waals surface area contributed by atoms with E-state index in [4.69, 9.17) is 0 Å². The van der Waals surface area contributed by atoms with Gasteiger partial charge in [0.25, 0.3) is 0 Å². The van der Waals surface area contributed by atoms with E-state index in [1.807, 2.05) is 0 Å². The van der Waals surface area contributed by atoms with Gasteiger partial charge in [0, 0.05) is 24.4 Å². The molecule has 1 fully saturated rings. The number of aliphatic hydroxyl groups is 1. The molecule has 0 saturated heterocycles. The third-order valence-corrected chi connectivity index (χ3v) is 4.10. The molecule has 1 aromatic rings. The Morgan fingerprint density at radius 3 is 2.76 bits per heavy atom. The molecule has 5 nitrogen and oxygen atoms in total. The second kappa shape index (κ2) is 7.22. The van der Waals surface area contributed by atoms with Gasteiger partial charge in [-0.05, 0) is 43.7 Å². The number of rotatable bonds is 5. The van der Waals surface area contributed by atoms with Crippen LogP contribution in [0.1, 0.15) is 36.5 Å². The Labute approximate surface area is 124 Å². The van der Waals surface area contributed by atoms with Gasteiger partial charge in [0.2, 0.25) is 0 Å². The first-order valence-electron chi connectivity index (χ1n) is 7.37. The third kappa shape index (κ3) is 4.29. The fourth-order valence-corrected chi connectivity index (χ4v) is 2.84. The van der Waals surface area contributed by atoms with E-state index in [0.29, 0.717) is 29.6 Å². The summed E-state index contributed by atoms with van der Waals surface area (Å²) in [5.74, 6) is 0.617. The average molecular weight is 290 g/mol. The fourth-order valence-electron chi connectivity index (χ4n) is 2.84. The van der Waals surface area contributed by atoms with Crippen LogP contribution in [-0.4, -0.2) is 30.1 Å². The molecule has 2 rings (SSSR count). The van der Waals surface area contributed by atoms with Gasteiger partial charge in [-0.1, -0.05) is 18.6 Å². The van der Waals surface area contributed by atoms with Gasteiger partial charge in [-0.3, -0.25) is 4.79 Å². The zero-order chi connectivity index (χ0) is 15.2. The van der Waals surface area contributed by atoms with E-state index in [9.17, 15) is 14.7 Å². The molecule has 2 unspecified atom stereocenters. The van der Waals surface area contributed by atoms with Crippen molar-refractivity contribution in [3.63, 3.8) is 0 Å². The second-order valence-corrected chi connectivity index (χ2v) is 5.61. The number of carbonyl (C=O) groups is 2. The van der Waals surface area contributed by atoms with E-state index in [1.165, 1.54) is 6.92 Å². The highest BCUT2D eigenvalue weighted by atomic mass is 16.3. The van der Waals surface area contributed by atoms with Crippen LogP contribution in [0, 0.1) is 11.8 Å². The summed E-state index contributed by atoms with van der Waals surface area (Å²) in [4.78, 5) is 23.2. The lowest BCUT2D eigenvalue weighted by Crippen LogP contribution is -2.34. The fraction of sp³-hybridized carbons (Fsp3) is 0.500. The summed E-state index contributed by atoms with van der Waals surface area (Å²) >= 11 is 0. The summed E-state index contributed by atoms with van der Waals surface area (Å²) in [7, 11) is 0. The minimum atomic E-state index is -0.278. The Morgan fingerprint density at radius 1 is 1.29 bits per heavy atom. The molecule has 0 aliphatic heterocycles. The molecular formula is C16H22N2O3. The molecule has 0 heterocycles. The molecule has 0 bridgehead atoms. The highest BCUT2D eigenvalue weighted by Gasteiger charge is 2.26. The largest absolute Gasteiger partial charge is 0.396 e. The van der Waals surface area contributed by atoms with Gasteiger partial charge in [-0.25, -0.2) is 4.79 Å². The molecule has 1 aromatic carbocycles. The van der Waals surface area contributed by atoms with Crippen molar-refractivity contribution in [1.29, 1.82) is 0 Å². The first kappa shape index (κ1) is 15.5. The van der Waals surface area contributed by atoms with Crippen molar-refractivity contribution < 1.29 is 14.7 Å². The van der Waals surface area contributed by atoms with Gasteiger partial charge in [0.05, 0.1) is 0 Å². The zero-order valence-electron chi connectivity index (χ0n) is 12.3. The summed E-state index contributed by atoms with van der Waals surface area (Å²) in [6.07, 6.45) is 3.19. The van der Waals surface area contributed by atoms with Crippen molar-refractivity contribution in [2.75, 3.05) is 18.5 Å². The highest BCUT2D eigenvalue weighted by molar-refractivity contribution is 5.96. The summed E-state index contributed by atoms with van der Waals surface area (Å²) in [6, 6.07) is 6.59. The van der Waals surface area contributed by atoms with Crippen LogP contribution in [0.3, 0.4) is 0 Å². The van der Waals surface area contributed by atoms with Gasteiger partial charge < -0.3 is 15.7 Å². The van der Waals surface area contributed by atoms with Crippen LogP contribution in [0.5, 0.6) is 0 Å². The molecule has 3 N–H and O–H groups in total. The SMILES string of the molecule is CC(=O)c1cccc(NC(=O)NCC2CCCC2CO)c1. The smallest absolute Gasteiger partial charge is 0.319 e. The molecule has 2 atom stereocenters. The number of urea groups is 1. The summed E-state index contributed by atoms with van der Waals surface area (Å²) in [5, 5.41) is 14.8. The summed E-state index contributed by atoms with van der Waals surface area (Å²) in [5.41, 5.74) is 1.18. The van der Waals surface area contributed by atoms with E-state index < -0.39 is 0 Å². The van der Waals surface area contributed by atoms with Crippen LogP contribution in [0.15, 0.2) is 24.3 Å². The molecule has 0 spiro atoms. The number of ketones is 1. The molecule has 0 aromatic heterocycles. The van der Waals surface area contributed by atoms with Crippen LogP contribution < -0.4 is 10.6 Å². The van der Waals surface area contributed by atoms with E-state index >= 15 is 0 Å². The van der Waals surface area contributed by atoms with Crippen molar-refractivity contribution in [1.82, 2.24) is 5.32 Å². The lowest BCUT2D eigenvalue weighted by molar-refractivity contribution is 0.101. The average Bonchev–Trinajstić information content (AvgIpc) is 2.93. The molecule has 5 heteroatoms. The monoisotopic (exact) mass is 290 g/mol. The molecular weight excluding hydrogens is 268 g/mol. The number of hydrogen-bond donors (Lipinski definition) is 3. The normalized spacial score (nSPS) is 21.0. The van der Waals surface area contributed by atoms with E-state index in [0.717, 1.165) is 19.3 Å². The van der Waals surface area contributed by atoms with Crippen molar-refractivity contribution in [3.05, 3.63) is 29.8 Å². The standard InChI is InChI=1S/C16H22N2O3/c1-11(20)12-4-3-7-15(8-12)18-16(21)17-9-13-5-2-6-14(13)10-19/h3-4,7-8,13-14,19H,2,5-6,9-10H2,1H3,(H2,17,18,21). The number of nitrogens with one attached hydrogen (secondary N) is 2. The third-order valence-electron chi connectivity index (χ3n) is 4.10. The van der Waals surface area contributed by atoms with Gasteiger partial charge in [-0.2, -0.15) is 0 Å². The quantitative estimate of drug-likeness (QED) is 0.729. The van der Waals surface area contributed by atoms with Crippen LogP contribution in [0.4, 0.5) is 10.5 Å². The maximum atomic E-state index is 11.9. The zero-order valence-corrected chi connectivity index (χ0v) is 12.3. The van der Waals surface area contributed by atoms with Crippen LogP contribution in [0.25, 0.3) is 0 Å². The first-order valence-corrected chi connectivity index (χ1v) is 7.37. The molecule has 1 aliphatic rings. The summed E-state index contributed by atoms with van der Waals surface area (Å²) < 4.78 is 0. The number of carbonyl (C=O) groups excluding carboxylic acids is 2. The van der Waals surface area contributed by atoms with Gasteiger partial charge in [-0.15, -0.1) is 0 Å². The Balaban J connectivity index is 1.84. The van der Waals surface area contributed by atoms with Gasteiger partial charge in [0.1, 0.15) is 0 Å². The lowest BCUT2D eigenvalue weighted by Gasteiger charge is -2.18. The molecule has 1 saturated carbocycles. The number of benzene rings is 1. The Hall–Kier alpha value is -1.88. The molecule has 1 aliphatic carbocycles. The van der Waals surface area contributed by atoms with Crippen molar-refractivity contribution in [2.45, 2.75) is 26.2 Å². The summed E-state index contributed by atoms with van der Waals surface area (Å²) in [6.45, 7) is 2.26. The van der Waals surface area contributed by atoms with Crippen LogP contribution >= 0.6 is 0 Å². The van der Waals surface area contributed by atoms with E-state index in [1.54, 1.807) is 24.3 Å². The van der Waals surface area contributed by atoms with Crippen LogP contribution in [0.2, 0.25) is 0 Å². The first-order chi connectivity index (χ1) is 10.1. The number of amides is 2. The minimum Gasteiger partial charge on any atom is -0.396 e. The Kier molecular flexibility index (Phi) is 5.33. The number of anilines is 1. The molecule has 2 amide bonds. The van der Waals surface area contributed by atoms with Crippen molar-refractivity contribution in [3.8, 4) is 0 Å². The van der Waals surface area contributed by atoms with Crippen molar-refractivity contribution in [2.24, 2.45) is 11.8 Å². The topological polar surface area (TPSA) is 78.4 Å². The van der Waals surface area contributed by atoms with Gasteiger partial charge in [0.15, 0.2) is 5.78 Å². The lowest BCUT2D eigenvalue weighted by atomic mass is 9.97. The predicted molar refractivity (Wildman–Crippen MR) is 81.4 cm³/mol. The molecule has 114 valence electrons. The second-order valence-electron chi connectivity index (χ2n) is 5.61. The highest BCUT2D eigenvalue weighted by Crippen LogP contribution is 2.30.